The number of hydrogen-bond acceptors (Lipinski definition) is 3. The van der Waals surface area contributed by atoms with Gasteiger partial charge in [-0.25, -0.2) is 9.97 Å². The van der Waals surface area contributed by atoms with E-state index in [4.69, 9.17) is 4.98 Å². The smallest absolute Gasteiger partial charge is 0.153 e. The van der Waals surface area contributed by atoms with Crippen molar-refractivity contribution in [2.75, 3.05) is 5.32 Å². The molecule has 0 unspecified atom stereocenters. The predicted octanol–water partition coefficient (Wildman–Crippen LogP) is 7.80. The molecule has 0 aliphatic carbocycles. The third-order valence-electron chi connectivity index (χ3n) is 5.60. The highest BCUT2D eigenvalue weighted by Crippen LogP contribution is 2.36. The van der Waals surface area contributed by atoms with Crippen LogP contribution in [-0.2, 0) is 0 Å². The van der Waals surface area contributed by atoms with E-state index in [1.54, 1.807) is 0 Å². The number of anilines is 1. The minimum absolute atomic E-state index is 0.132. The second kappa shape index (κ2) is 9.51. The van der Waals surface area contributed by atoms with Crippen LogP contribution in [0.1, 0.15) is 63.6 Å². The number of nitrogens with one attached hydrogen (secondary N) is 1. The second-order valence-corrected chi connectivity index (χ2v) is 12.0. The fourth-order valence-corrected chi connectivity index (χ4v) is 5.38. The molecule has 0 saturated carbocycles. The van der Waals surface area contributed by atoms with Crippen molar-refractivity contribution in [2.24, 2.45) is 5.41 Å². The Hall–Kier alpha value is -3.10. The van der Waals surface area contributed by atoms with Crippen LogP contribution in [0.2, 0.25) is 0 Å². The Morgan fingerprint density at radius 3 is 2.40 bits per heavy atom. The van der Waals surface area contributed by atoms with Crippen molar-refractivity contribution in [3.05, 3.63) is 81.7 Å². The Balaban J connectivity index is 1.81. The third-order valence-corrected chi connectivity index (χ3v) is 6.18. The summed E-state index contributed by atoms with van der Waals surface area (Å²) in [4.78, 5) is 9.56. The van der Waals surface area contributed by atoms with Crippen molar-refractivity contribution < 1.29 is 0 Å². The van der Waals surface area contributed by atoms with E-state index in [0.717, 1.165) is 56.1 Å². The lowest BCUT2D eigenvalue weighted by molar-refractivity contribution is 0.302. The molecule has 0 saturated heterocycles. The van der Waals surface area contributed by atoms with Crippen LogP contribution in [-0.4, -0.2) is 19.9 Å². The Morgan fingerprint density at radius 2 is 1.69 bits per heavy atom. The summed E-state index contributed by atoms with van der Waals surface area (Å²) < 4.78 is 3.13. The Labute approximate surface area is 217 Å². The van der Waals surface area contributed by atoms with E-state index in [9.17, 15) is 0 Å². The Bertz CT molecular complexity index is 1440. The summed E-state index contributed by atoms with van der Waals surface area (Å²) in [5.74, 6) is 7.46. The van der Waals surface area contributed by atoms with Crippen LogP contribution in [0.15, 0.2) is 59.2 Å². The highest BCUT2D eigenvalue weighted by atomic mass is 79.9. The van der Waals surface area contributed by atoms with Crippen LogP contribution in [0.4, 0.5) is 5.82 Å². The quantitative estimate of drug-likeness (QED) is 0.274. The SMILES string of the molecule is Cc1cc(Br)c2nc(-c3cccc(C#Cc4cccc(C)n4)c3)c(NC(C)(C)CC(C)(C)C)n2c1. The average molecular weight is 530 g/mol. The molecule has 0 radical (unpaired) electrons. The summed E-state index contributed by atoms with van der Waals surface area (Å²) in [5, 5.41) is 3.84. The number of pyridine rings is 2. The molecule has 35 heavy (non-hydrogen) atoms. The number of aromatic nitrogens is 3. The topological polar surface area (TPSA) is 42.2 Å². The summed E-state index contributed by atoms with van der Waals surface area (Å²) >= 11 is 3.73. The van der Waals surface area contributed by atoms with E-state index < -0.39 is 0 Å². The lowest BCUT2D eigenvalue weighted by atomic mass is 9.82. The molecule has 5 heteroatoms. The van der Waals surface area contributed by atoms with E-state index in [1.807, 2.05) is 37.3 Å². The lowest BCUT2D eigenvalue weighted by Gasteiger charge is -2.34. The maximum atomic E-state index is 5.07. The molecule has 0 spiro atoms. The first kappa shape index (κ1) is 25.0. The van der Waals surface area contributed by atoms with Gasteiger partial charge >= 0.3 is 0 Å². The van der Waals surface area contributed by atoms with Gasteiger partial charge in [0.05, 0.1) is 4.47 Å². The van der Waals surface area contributed by atoms with Crippen molar-refractivity contribution >= 4 is 27.4 Å². The van der Waals surface area contributed by atoms with Gasteiger partial charge in [0.25, 0.3) is 0 Å². The first-order valence-corrected chi connectivity index (χ1v) is 12.7. The number of imidazole rings is 1. The van der Waals surface area contributed by atoms with Crippen LogP contribution < -0.4 is 5.32 Å². The first-order valence-electron chi connectivity index (χ1n) is 11.9. The number of aryl methyl sites for hydroxylation is 2. The van der Waals surface area contributed by atoms with Crippen LogP contribution >= 0.6 is 15.9 Å². The van der Waals surface area contributed by atoms with Crippen molar-refractivity contribution in [2.45, 2.75) is 60.4 Å². The zero-order chi connectivity index (χ0) is 25.4. The highest BCUT2D eigenvalue weighted by Gasteiger charge is 2.28. The van der Waals surface area contributed by atoms with Gasteiger partial charge in [0.15, 0.2) is 5.65 Å². The maximum Gasteiger partial charge on any atom is 0.153 e. The summed E-state index contributed by atoms with van der Waals surface area (Å²) in [6.45, 7) is 15.4. The number of halogens is 1. The van der Waals surface area contributed by atoms with Gasteiger partial charge in [0.2, 0.25) is 0 Å². The summed E-state index contributed by atoms with van der Waals surface area (Å²) in [5.41, 5.74) is 6.71. The van der Waals surface area contributed by atoms with Crippen LogP contribution in [0, 0.1) is 31.1 Å². The van der Waals surface area contributed by atoms with E-state index in [2.05, 4.69) is 108 Å². The van der Waals surface area contributed by atoms with E-state index in [-0.39, 0.29) is 11.0 Å². The third kappa shape index (κ3) is 6.13. The number of benzene rings is 1. The van der Waals surface area contributed by atoms with Gasteiger partial charge in [-0.15, -0.1) is 0 Å². The molecule has 4 rings (SSSR count). The molecular formula is C30H33BrN4. The second-order valence-electron chi connectivity index (χ2n) is 11.1. The molecule has 0 amide bonds. The fourth-order valence-electron chi connectivity index (χ4n) is 4.74. The molecule has 180 valence electrons. The standard InChI is InChI=1S/C30H33BrN4/c1-20-16-25(31)27-33-26(28(35(27)18-20)34-30(6,7)19-29(3,4)5)23-12-9-11-22(17-23)14-15-24-13-8-10-21(2)32-24/h8-13,16-18,34H,19H2,1-7H3. The van der Waals surface area contributed by atoms with Crippen molar-refractivity contribution in [3.63, 3.8) is 0 Å². The number of rotatable bonds is 4. The number of hydrogen-bond donors (Lipinski definition) is 1. The van der Waals surface area contributed by atoms with Crippen molar-refractivity contribution in [1.29, 1.82) is 0 Å². The van der Waals surface area contributed by atoms with Gasteiger partial charge in [0, 0.05) is 28.6 Å². The molecule has 4 nitrogen and oxygen atoms in total. The molecule has 0 aliphatic heterocycles. The minimum atomic E-state index is -0.132. The Morgan fingerprint density at radius 1 is 0.943 bits per heavy atom. The molecular weight excluding hydrogens is 496 g/mol. The van der Waals surface area contributed by atoms with Gasteiger partial charge < -0.3 is 5.32 Å². The fraction of sp³-hybridized carbons (Fsp3) is 0.333. The van der Waals surface area contributed by atoms with Gasteiger partial charge in [-0.2, -0.15) is 0 Å². The van der Waals surface area contributed by atoms with Gasteiger partial charge in [-0.05, 0) is 97.3 Å². The normalized spacial score (nSPS) is 11.9. The average Bonchev–Trinajstić information content (AvgIpc) is 3.09. The largest absolute Gasteiger partial charge is 0.364 e. The van der Waals surface area contributed by atoms with Gasteiger partial charge in [-0.3, -0.25) is 4.40 Å². The summed E-state index contributed by atoms with van der Waals surface area (Å²) in [6.07, 6.45) is 3.15. The summed E-state index contributed by atoms with van der Waals surface area (Å²) in [7, 11) is 0. The summed E-state index contributed by atoms with van der Waals surface area (Å²) in [6, 6.07) is 16.3. The Kier molecular flexibility index (Phi) is 6.79. The number of fused-ring (bicyclic) bond motifs is 1. The molecule has 0 bridgehead atoms. The minimum Gasteiger partial charge on any atom is -0.364 e. The highest BCUT2D eigenvalue weighted by molar-refractivity contribution is 9.10. The van der Waals surface area contributed by atoms with Crippen molar-refractivity contribution in [1.82, 2.24) is 14.4 Å². The monoisotopic (exact) mass is 528 g/mol. The molecule has 0 atom stereocenters. The molecule has 4 aromatic rings. The van der Waals surface area contributed by atoms with Crippen molar-refractivity contribution in [3.8, 4) is 23.1 Å². The van der Waals surface area contributed by atoms with Crippen LogP contribution in [0.5, 0.6) is 0 Å². The molecule has 1 N–H and O–H groups in total. The molecule has 3 aromatic heterocycles. The number of nitrogens with zero attached hydrogens (tertiary/aromatic N) is 3. The molecule has 0 fully saturated rings. The molecule has 0 aliphatic rings. The first-order chi connectivity index (χ1) is 16.4. The van der Waals surface area contributed by atoms with E-state index >= 15 is 0 Å². The van der Waals surface area contributed by atoms with Crippen LogP contribution in [0.25, 0.3) is 16.9 Å². The maximum absolute atomic E-state index is 5.07. The molecule has 3 heterocycles. The van der Waals surface area contributed by atoms with Gasteiger partial charge in [-0.1, -0.05) is 44.9 Å². The van der Waals surface area contributed by atoms with E-state index in [1.165, 1.54) is 0 Å². The predicted molar refractivity (Wildman–Crippen MR) is 150 cm³/mol. The zero-order valence-corrected chi connectivity index (χ0v) is 23.2. The van der Waals surface area contributed by atoms with Gasteiger partial charge in [0.1, 0.15) is 17.2 Å². The molecule has 1 aromatic carbocycles. The van der Waals surface area contributed by atoms with E-state index in [0.29, 0.717) is 0 Å². The van der Waals surface area contributed by atoms with Crippen LogP contribution in [0.3, 0.4) is 0 Å². The lowest BCUT2D eigenvalue weighted by Crippen LogP contribution is -2.36. The zero-order valence-electron chi connectivity index (χ0n) is 21.6.